The molecule has 7 nitrogen and oxygen atoms in total. The van der Waals surface area contributed by atoms with Crippen LogP contribution in [0.5, 0.6) is 0 Å². The highest BCUT2D eigenvalue weighted by Crippen LogP contribution is 2.25. The molecule has 3 aromatic rings. The summed E-state index contributed by atoms with van der Waals surface area (Å²) < 4.78 is 29.0. The molecular weight excluding hydrogens is 436 g/mol. The van der Waals surface area contributed by atoms with Crippen molar-refractivity contribution < 1.29 is 13.2 Å². The first-order valence-corrected chi connectivity index (χ1v) is 11.9. The molecule has 0 aliphatic carbocycles. The molecule has 1 saturated heterocycles. The van der Waals surface area contributed by atoms with E-state index >= 15 is 0 Å². The van der Waals surface area contributed by atoms with Crippen LogP contribution in [0, 0.1) is 6.92 Å². The van der Waals surface area contributed by atoms with Crippen LogP contribution in [0.4, 0.5) is 0 Å². The van der Waals surface area contributed by atoms with Gasteiger partial charge in [-0.2, -0.15) is 4.31 Å². The molecule has 1 amide bonds. The topological polar surface area (TPSA) is 84.3 Å². The third kappa shape index (κ3) is 4.51. The largest absolute Gasteiger partial charge is 0.348 e. The number of amides is 1. The predicted octanol–water partition coefficient (Wildman–Crippen LogP) is 3.55. The standard InChI is InChI=1S/C22H23ClN4O3S/c1-16-24-10-13-27(16)18-6-4-17(5-7-18)15-25-22(28)20-14-19(8-9-21(20)23)31(29,30)26-11-2-3-12-26/h4-10,13-14H,2-3,11-12,15H2,1H3,(H,25,28). The van der Waals surface area contributed by atoms with Gasteiger partial charge in [-0.25, -0.2) is 13.4 Å². The molecule has 0 bridgehead atoms. The molecule has 0 unspecified atom stereocenters. The number of halogens is 1. The smallest absolute Gasteiger partial charge is 0.253 e. The van der Waals surface area contributed by atoms with Crippen LogP contribution >= 0.6 is 11.6 Å². The van der Waals surface area contributed by atoms with Gasteiger partial charge in [-0.05, 0) is 55.7 Å². The first-order chi connectivity index (χ1) is 14.9. The van der Waals surface area contributed by atoms with Crippen LogP contribution < -0.4 is 5.32 Å². The van der Waals surface area contributed by atoms with Gasteiger partial charge in [0.2, 0.25) is 10.0 Å². The number of hydrogen-bond donors (Lipinski definition) is 1. The monoisotopic (exact) mass is 458 g/mol. The van der Waals surface area contributed by atoms with E-state index in [1.54, 1.807) is 6.20 Å². The molecule has 2 aromatic carbocycles. The van der Waals surface area contributed by atoms with Crippen molar-refractivity contribution in [3.63, 3.8) is 0 Å². The molecule has 162 valence electrons. The summed E-state index contributed by atoms with van der Waals surface area (Å²) in [6, 6.07) is 12.0. The summed E-state index contributed by atoms with van der Waals surface area (Å²) >= 11 is 6.20. The molecule has 1 aromatic heterocycles. The van der Waals surface area contributed by atoms with Crippen LogP contribution in [-0.4, -0.2) is 41.3 Å². The highest BCUT2D eigenvalue weighted by Gasteiger charge is 2.28. The molecule has 1 fully saturated rings. The Balaban J connectivity index is 1.47. The lowest BCUT2D eigenvalue weighted by Gasteiger charge is -2.16. The highest BCUT2D eigenvalue weighted by molar-refractivity contribution is 7.89. The Kier molecular flexibility index (Phi) is 6.13. The summed E-state index contributed by atoms with van der Waals surface area (Å²) in [7, 11) is -3.62. The van der Waals surface area contributed by atoms with Crippen LogP contribution in [0.3, 0.4) is 0 Å². The number of imidazole rings is 1. The molecule has 31 heavy (non-hydrogen) atoms. The number of hydrogen-bond acceptors (Lipinski definition) is 4. The molecule has 0 saturated carbocycles. The summed E-state index contributed by atoms with van der Waals surface area (Å²) in [5.74, 6) is 0.470. The number of aryl methyl sites for hydroxylation is 1. The van der Waals surface area contributed by atoms with Crippen LogP contribution in [0.15, 0.2) is 59.8 Å². The summed E-state index contributed by atoms with van der Waals surface area (Å²) in [6.07, 6.45) is 5.32. The van der Waals surface area contributed by atoms with E-state index in [9.17, 15) is 13.2 Å². The van der Waals surface area contributed by atoms with Crippen molar-refractivity contribution in [2.45, 2.75) is 31.2 Å². The second-order valence-electron chi connectivity index (χ2n) is 7.45. The van der Waals surface area contributed by atoms with Crippen molar-refractivity contribution in [2.24, 2.45) is 0 Å². The lowest BCUT2D eigenvalue weighted by atomic mass is 10.1. The average Bonchev–Trinajstić information content (AvgIpc) is 3.45. The molecule has 0 atom stereocenters. The Morgan fingerprint density at radius 2 is 1.84 bits per heavy atom. The maximum Gasteiger partial charge on any atom is 0.253 e. The van der Waals surface area contributed by atoms with Crippen molar-refractivity contribution in [2.75, 3.05) is 13.1 Å². The fraction of sp³-hybridized carbons (Fsp3) is 0.273. The van der Waals surface area contributed by atoms with E-state index in [1.165, 1.54) is 22.5 Å². The minimum absolute atomic E-state index is 0.0870. The normalized spacial score (nSPS) is 14.6. The first kappa shape index (κ1) is 21.5. The van der Waals surface area contributed by atoms with Gasteiger partial charge in [0.1, 0.15) is 5.82 Å². The average molecular weight is 459 g/mol. The number of benzene rings is 2. The zero-order valence-electron chi connectivity index (χ0n) is 17.1. The maximum absolute atomic E-state index is 12.8. The van der Waals surface area contributed by atoms with Crippen LogP contribution in [-0.2, 0) is 16.6 Å². The second kappa shape index (κ2) is 8.82. The first-order valence-electron chi connectivity index (χ1n) is 10.0. The van der Waals surface area contributed by atoms with Gasteiger partial charge < -0.3 is 9.88 Å². The Morgan fingerprint density at radius 1 is 1.13 bits per heavy atom. The van der Waals surface area contributed by atoms with Crippen LogP contribution in [0.2, 0.25) is 5.02 Å². The second-order valence-corrected chi connectivity index (χ2v) is 9.79. The Morgan fingerprint density at radius 3 is 2.48 bits per heavy atom. The minimum atomic E-state index is -3.62. The number of sulfonamides is 1. The third-order valence-corrected chi connectivity index (χ3v) is 7.60. The fourth-order valence-electron chi connectivity index (χ4n) is 3.62. The van der Waals surface area contributed by atoms with Gasteiger partial charge >= 0.3 is 0 Å². The van der Waals surface area contributed by atoms with Crippen molar-refractivity contribution >= 4 is 27.5 Å². The van der Waals surface area contributed by atoms with Gasteiger partial charge in [-0.1, -0.05) is 23.7 Å². The van der Waals surface area contributed by atoms with E-state index < -0.39 is 15.9 Å². The lowest BCUT2D eigenvalue weighted by molar-refractivity contribution is 0.0951. The quantitative estimate of drug-likeness (QED) is 0.612. The number of carbonyl (C=O) groups excluding carboxylic acids is 1. The van der Waals surface area contributed by atoms with Gasteiger partial charge in [0, 0.05) is 37.7 Å². The number of nitrogens with one attached hydrogen (secondary N) is 1. The summed E-state index contributed by atoms with van der Waals surface area (Å²) in [4.78, 5) is 17.0. The molecule has 0 spiro atoms. The molecule has 1 aliphatic heterocycles. The molecule has 1 aliphatic rings. The molecular formula is C22H23ClN4O3S. The summed E-state index contributed by atoms with van der Waals surface area (Å²) in [5.41, 5.74) is 2.03. The van der Waals surface area contributed by atoms with Crippen LogP contribution in [0.1, 0.15) is 34.6 Å². The van der Waals surface area contributed by atoms with Gasteiger partial charge in [-0.3, -0.25) is 4.79 Å². The maximum atomic E-state index is 12.8. The van der Waals surface area contributed by atoms with Crippen molar-refractivity contribution in [1.29, 1.82) is 0 Å². The van der Waals surface area contributed by atoms with E-state index in [4.69, 9.17) is 11.6 Å². The predicted molar refractivity (Wildman–Crippen MR) is 119 cm³/mol. The fourth-order valence-corrected chi connectivity index (χ4v) is 5.37. The summed E-state index contributed by atoms with van der Waals surface area (Å²) in [5, 5.41) is 3.03. The molecule has 2 heterocycles. The van der Waals surface area contributed by atoms with Crippen LogP contribution in [0.25, 0.3) is 5.69 Å². The van der Waals surface area contributed by atoms with E-state index in [-0.39, 0.29) is 15.5 Å². The number of rotatable bonds is 6. The van der Waals surface area contributed by atoms with Gasteiger partial charge in [-0.15, -0.1) is 0 Å². The number of nitrogens with zero attached hydrogens (tertiary/aromatic N) is 3. The van der Waals surface area contributed by atoms with Gasteiger partial charge in [0.15, 0.2) is 0 Å². The Hall–Kier alpha value is -2.68. The number of aromatic nitrogens is 2. The number of carbonyl (C=O) groups is 1. The summed E-state index contributed by atoms with van der Waals surface area (Å²) in [6.45, 7) is 3.22. The minimum Gasteiger partial charge on any atom is -0.348 e. The molecule has 0 radical (unpaired) electrons. The molecule has 4 rings (SSSR count). The zero-order valence-corrected chi connectivity index (χ0v) is 18.7. The molecule has 1 N–H and O–H groups in total. The van der Waals surface area contributed by atoms with E-state index in [2.05, 4.69) is 10.3 Å². The van der Waals surface area contributed by atoms with Crippen molar-refractivity contribution in [3.8, 4) is 5.69 Å². The third-order valence-electron chi connectivity index (χ3n) is 5.38. The Bertz CT molecular complexity index is 1200. The zero-order chi connectivity index (χ0) is 22.0. The van der Waals surface area contributed by atoms with Gasteiger partial charge in [0.05, 0.1) is 15.5 Å². The van der Waals surface area contributed by atoms with E-state index in [1.807, 2.05) is 42.0 Å². The Labute approximate surface area is 186 Å². The van der Waals surface area contributed by atoms with E-state index in [0.29, 0.717) is 19.6 Å². The van der Waals surface area contributed by atoms with Crippen molar-refractivity contribution in [1.82, 2.24) is 19.2 Å². The van der Waals surface area contributed by atoms with Gasteiger partial charge in [0.25, 0.3) is 5.91 Å². The SMILES string of the molecule is Cc1nccn1-c1ccc(CNC(=O)c2cc(S(=O)(=O)N3CCCC3)ccc2Cl)cc1. The van der Waals surface area contributed by atoms with Crippen molar-refractivity contribution in [3.05, 3.63) is 76.8 Å². The molecule has 9 heteroatoms. The highest BCUT2D eigenvalue weighted by atomic mass is 35.5. The lowest BCUT2D eigenvalue weighted by Crippen LogP contribution is -2.28. The van der Waals surface area contributed by atoms with E-state index in [0.717, 1.165) is 29.9 Å².